The third-order valence-corrected chi connectivity index (χ3v) is 4.79. The van der Waals surface area contributed by atoms with Crippen LogP contribution in [-0.2, 0) is 4.74 Å². The van der Waals surface area contributed by atoms with E-state index in [2.05, 4.69) is 19.2 Å². The van der Waals surface area contributed by atoms with Crippen molar-refractivity contribution in [2.75, 3.05) is 13.2 Å². The zero-order chi connectivity index (χ0) is 12.4. The average Bonchev–Trinajstić information content (AvgIpc) is 2.34. The molecule has 1 saturated carbocycles. The molecule has 0 radical (unpaired) electrons. The van der Waals surface area contributed by atoms with E-state index < -0.39 is 5.60 Å². The summed E-state index contributed by atoms with van der Waals surface area (Å²) in [6.07, 6.45) is 7.66. The first-order valence-corrected chi connectivity index (χ1v) is 7.21. The highest BCUT2D eigenvalue weighted by atomic mass is 16.5. The maximum atomic E-state index is 10.3. The van der Waals surface area contributed by atoms with Gasteiger partial charge in [0.15, 0.2) is 0 Å². The number of rotatable bonds is 5. The SMILES string of the molecule is CCC(O)(CC)CNC1CCOC2(CCC2)C1. The van der Waals surface area contributed by atoms with E-state index in [0.29, 0.717) is 6.04 Å². The topological polar surface area (TPSA) is 41.5 Å². The first-order valence-electron chi connectivity index (χ1n) is 7.21. The van der Waals surface area contributed by atoms with E-state index >= 15 is 0 Å². The first-order chi connectivity index (χ1) is 8.11. The Kier molecular flexibility index (Phi) is 4.11. The van der Waals surface area contributed by atoms with Crippen molar-refractivity contribution in [3.63, 3.8) is 0 Å². The summed E-state index contributed by atoms with van der Waals surface area (Å²) >= 11 is 0. The fourth-order valence-corrected chi connectivity index (χ4v) is 2.96. The van der Waals surface area contributed by atoms with E-state index in [-0.39, 0.29) is 5.60 Å². The van der Waals surface area contributed by atoms with Gasteiger partial charge in [-0.25, -0.2) is 0 Å². The van der Waals surface area contributed by atoms with Crippen molar-refractivity contribution in [2.24, 2.45) is 0 Å². The molecule has 1 atom stereocenters. The maximum Gasteiger partial charge on any atom is 0.0766 e. The van der Waals surface area contributed by atoms with Crippen LogP contribution in [0.1, 0.15) is 58.8 Å². The number of hydrogen-bond donors (Lipinski definition) is 2. The van der Waals surface area contributed by atoms with Gasteiger partial charge in [-0.3, -0.25) is 0 Å². The zero-order valence-electron chi connectivity index (χ0n) is 11.3. The Morgan fingerprint density at radius 2 is 2.06 bits per heavy atom. The lowest BCUT2D eigenvalue weighted by Crippen LogP contribution is -2.53. The van der Waals surface area contributed by atoms with Gasteiger partial charge < -0.3 is 15.2 Å². The predicted octanol–water partition coefficient (Wildman–Crippen LogP) is 2.23. The molecule has 0 amide bonds. The summed E-state index contributed by atoms with van der Waals surface area (Å²) < 4.78 is 5.91. The summed E-state index contributed by atoms with van der Waals surface area (Å²) in [5, 5.41) is 13.8. The summed E-state index contributed by atoms with van der Waals surface area (Å²) in [5.41, 5.74) is -0.322. The molecular formula is C14H27NO2. The van der Waals surface area contributed by atoms with Crippen LogP contribution in [0.4, 0.5) is 0 Å². The van der Waals surface area contributed by atoms with E-state index in [9.17, 15) is 5.11 Å². The molecule has 3 nitrogen and oxygen atoms in total. The molecule has 0 aromatic rings. The number of nitrogens with one attached hydrogen (secondary N) is 1. The third-order valence-electron chi connectivity index (χ3n) is 4.79. The zero-order valence-corrected chi connectivity index (χ0v) is 11.3. The second-order valence-corrected chi connectivity index (χ2v) is 5.89. The third kappa shape index (κ3) is 3.01. The highest BCUT2D eigenvalue weighted by molar-refractivity contribution is 4.96. The first kappa shape index (κ1) is 13.3. The number of hydrogen-bond acceptors (Lipinski definition) is 3. The molecule has 2 N–H and O–H groups in total. The minimum Gasteiger partial charge on any atom is -0.389 e. The van der Waals surface area contributed by atoms with Gasteiger partial charge in [0.05, 0.1) is 11.2 Å². The van der Waals surface area contributed by atoms with Crippen molar-refractivity contribution < 1.29 is 9.84 Å². The van der Waals surface area contributed by atoms with Crippen molar-refractivity contribution in [3.8, 4) is 0 Å². The van der Waals surface area contributed by atoms with Gasteiger partial charge in [0.2, 0.25) is 0 Å². The molecule has 0 aromatic carbocycles. The number of aliphatic hydroxyl groups is 1. The van der Waals surface area contributed by atoms with E-state index in [1.165, 1.54) is 19.3 Å². The van der Waals surface area contributed by atoms with Gasteiger partial charge in [-0.2, -0.15) is 0 Å². The van der Waals surface area contributed by atoms with Crippen LogP contribution in [0.5, 0.6) is 0 Å². The molecule has 2 fully saturated rings. The van der Waals surface area contributed by atoms with Crippen LogP contribution in [0.15, 0.2) is 0 Å². The largest absolute Gasteiger partial charge is 0.389 e. The smallest absolute Gasteiger partial charge is 0.0766 e. The quantitative estimate of drug-likeness (QED) is 0.775. The van der Waals surface area contributed by atoms with Gasteiger partial charge in [0.1, 0.15) is 0 Å². The minimum absolute atomic E-state index is 0.201. The molecule has 17 heavy (non-hydrogen) atoms. The van der Waals surface area contributed by atoms with Gasteiger partial charge in [0, 0.05) is 19.2 Å². The molecule has 1 saturated heterocycles. The molecular weight excluding hydrogens is 214 g/mol. The lowest BCUT2D eigenvalue weighted by molar-refractivity contribution is -0.136. The maximum absolute atomic E-state index is 10.3. The Balaban J connectivity index is 1.79. The van der Waals surface area contributed by atoms with Crippen LogP contribution in [0.2, 0.25) is 0 Å². The van der Waals surface area contributed by atoms with E-state index in [1.54, 1.807) is 0 Å². The van der Waals surface area contributed by atoms with Crippen molar-refractivity contribution in [3.05, 3.63) is 0 Å². The molecule has 3 heteroatoms. The van der Waals surface area contributed by atoms with Crippen LogP contribution >= 0.6 is 0 Å². The fraction of sp³-hybridized carbons (Fsp3) is 1.00. The average molecular weight is 241 g/mol. The molecule has 1 aliphatic carbocycles. The Bertz CT molecular complexity index is 247. The monoisotopic (exact) mass is 241 g/mol. The molecule has 2 rings (SSSR count). The van der Waals surface area contributed by atoms with Crippen LogP contribution in [0, 0.1) is 0 Å². The van der Waals surface area contributed by atoms with Crippen LogP contribution in [-0.4, -0.2) is 35.5 Å². The Hall–Kier alpha value is -0.120. The van der Waals surface area contributed by atoms with Crippen molar-refractivity contribution in [1.29, 1.82) is 0 Å². The van der Waals surface area contributed by atoms with Crippen LogP contribution in [0.3, 0.4) is 0 Å². The van der Waals surface area contributed by atoms with Crippen molar-refractivity contribution >= 4 is 0 Å². The van der Waals surface area contributed by atoms with Gasteiger partial charge in [-0.1, -0.05) is 13.8 Å². The highest BCUT2D eigenvalue weighted by Crippen LogP contribution is 2.42. The molecule has 1 unspecified atom stereocenters. The highest BCUT2D eigenvalue weighted by Gasteiger charge is 2.42. The predicted molar refractivity (Wildman–Crippen MR) is 69.1 cm³/mol. The van der Waals surface area contributed by atoms with Gasteiger partial charge in [0.25, 0.3) is 0 Å². The Labute approximate surface area is 105 Å². The Morgan fingerprint density at radius 1 is 1.35 bits per heavy atom. The molecule has 1 aliphatic heterocycles. The van der Waals surface area contributed by atoms with Crippen LogP contribution < -0.4 is 5.32 Å². The van der Waals surface area contributed by atoms with E-state index in [0.717, 1.165) is 38.8 Å². The molecule has 0 aromatic heterocycles. The van der Waals surface area contributed by atoms with Gasteiger partial charge >= 0.3 is 0 Å². The molecule has 0 bridgehead atoms. The molecule has 1 heterocycles. The summed E-state index contributed by atoms with van der Waals surface area (Å²) in [6, 6.07) is 0.536. The number of ether oxygens (including phenoxy) is 1. The van der Waals surface area contributed by atoms with Gasteiger partial charge in [-0.15, -0.1) is 0 Å². The second kappa shape index (κ2) is 5.25. The minimum atomic E-state index is -0.523. The van der Waals surface area contributed by atoms with E-state index in [4.69, 9.17) is 4.74 Å². The molecule has 100 valence electrons. The summed E-state index contributed by atoms with van der Waals surface area (Å²) in [4.78, 5) is 0. The lowest BCUT2D eigenvalue weighted by atomic mass is 9.74. The standard InChI is InChI=1S/C14H27NO2/c1-3-13(16,4-2)11-15-12-6-9-17-14(10-12)7-5-8-14/h12,15-16H,3-11H2,1-2H3. The van der Waals surface area contributed by atoms with Crippen molar-refractivity contribution in [2.45, 2.75) is 76.0 Å². The molecule has 1 spiro atoms. The normalized spacial score (nSPS) is 28.1. The fourth-order valence-electron chi connectivity index (χ4n) is 2.96. The van der Waals surface area contributed by atoms with Crippen LogP contribution in [0.25, 0.3) is 0 Å². The summed E-state index contributed by atoms with van der Waals surface area (Å²) in [7, 11) is 0. The van der Waals surface area contributed by atoms with Crippen molar-refractivity contribution in [1.82, 2.24) is 5.32 Å². The Morgan fingerprint density at radius 3 is 2.59 bits per heavy atom. The van der Waals surface area contributed by atoms with Gasteiger partial charge in [-0.05, 0) is 44.9 Å². The lowest BCUT2D eigenvalue weighted by Gasteiger charge is -2.47. The summed E-state index contributed by atoms with van der Waals surface area (Å²) in [6.45, 7) is 5.72. The second-order valence-electron chi connectivity index (χ2n) is 5.89. The molecule has 2 aliphatic rings. The summed E-state index contributed by atoms with van der Waals surface area (Å²) in [5.74, 6) is 0. The van der Waals surface area contributed by atoms with E-state index in [1.807, 2.05) is 0 Å².